The summed E-state index contributed by atoms with van der Waals surface area (Å²) in [6, 6.07) is 7.40. The van der Waals surface area contributed by atoms with Crippen LogP contribution in [0.15, 0.2) is 48.5 Å². The van der Waals surface area contributed by atoms with E-state index in [2.05, 4.69) is 5.32 Å². The largest absolute Gasteiger partial charge is 0.326 e. The number of benzene rings is 3. The van der Waals surface area contributed by atoms with Crippen molar-refractivity contribution in [2.24, 2.45) is 5.92 Å². The molecule has 4 nitrogen and oxygen atoms in total. The Bertz CT molecular complexity index is 1370. The number of alkyl halides is 2. The van der Waals surface area contributed by atoms with Crippen LogP contribution in [-0.2, 0) is 4.79 Å². The fourth-order valence-electron chi connectivity index (χ4n) is 3.60. The molecule has 0 unspecified atom stereocenters. The molecule has 0 saturated heterocycles. The number of rotatable bonds is 5. The van der Waals surface area contributed by atoms with Gasteiger partial charge in [-0.1, -0.05) is 17.7 Å². The number of amides is 2. The lowest BCUT2D eigenvalue weighted by Crippen LogP contribution is -2.19. The first-order chi connectivity index (χ1) is 16.4. The third kappa shape index (κ3) is 4.94. The highest BCUT2D eigenvalue weighted by molar-refractivity contribution is 6.53. The Morgan fingerprint density at radius 3 is 2.20 bits per heavy atom. The van der Waals surface area contributed by atoms with Gasteiger partial charge in [0.1, 0.15) is 21.8 Å². The van der Waals surface area contributed by atoms with Crippen molar-refractivity contribution in [3.05, 3.63) is 93.8 Å². The van der Waals surface area contributed by atoms with Gasteiger partial charge in [-0.25, -0.2) is 22.0 Å². The molecule has 2 N–H and O–H groups in total. The highest BCUT2D eigenvalue weighted by Crippen LogP contribution is 2.65. The Labute approximate surface area is 210 Å². The Balaban J connectivity index is 1.55. The van der Waals surface area contributed by atoms with Gasteiger partial charge in [-0.2, -0.15) is 0 Å². The van der Waals surface area contributed by atoms with Crippen LogP contribution in [0.5, 0.6) is 0 Å². The number of carbonyl (C=O) groups excluding carboxylic acids is 2. The van der Waals surface area contributed by atoms with Crippen molar-refractivity contribution < 1.29 is 31.5 Å². The summed E-state index contributed by atoms with van der Waals surface area (Å²) in [5.41, 5.74) is -1.26. The first-order valence-corrected chi connectivity index (χ1v) is 10.9. The first kappa shape index (κ1) is 25.2. The first-order valence-electron chi connectivity index (χ1n) is 9.79. The fourth-order valence-corrected chi connectivity index (χ4v) is 4.62. The van der Waals surface area contributed by atoms with E-state index in [4.69, 9.17) is 34.8 Å². The van der Waals surface area contributed by atoms with E-state index >= 15 is 0 Å². The Kier molecular flexibility index (Phi) is 6.70. The fraction of sp³-hybridized carbons (Fsp3) is 0.130. The van der Waals surface area contributed by atoms with Gasteiger partial charge in [-0.3, -0.25) is 9.59 Å². The molecule has 12 heteroatoms. The number of anilines is 2. The van der Waals surface area contributed by atoms with Gasteiger partial charge < -0.3 is 10.6 Å². The van der Waals surface area contributed by atoms with E-state index in [0.717, 1.165) is 24.3 Å². The number of nitrogens with one attached hydrogen (secondary N) is 2. The summed E-state index contributed by atoms with van der Waals surface area (Å²) in [7, 11) is 0. The summed E-state index contributed by atoms with van der Waals surface area (Å²) in [4.78, 5) is 25.2. The Morgan fingerprint density at radius 2 is 1.54 bits per heavy atom. The molecule has 1 fully saturated rings. The zero-order valence-electron chi connectivity index (χ0n) is 17.1. The van der Waals surface area contributed by atoms with E-state index in [1.54, 1.807) is 0 Å². The van der Waals surface area contributed by atoms with E-state index < -0.39 is 68.3 Å². The molecule has 0 radical (unpaired) electrons. The number of hydrogen-bond acceptors (Lipinski definition) is 2. The van der Waals surface area contributed by atoms with Crippen LogP contribution in [0.2, 0.25) is 5.02 Å². The van der Waals surface area contributed by atoms with Gasteiger partial charge in [0, 0.05) is 23.7 Å². The van der Waals surface area contributed by atoms with E-state index in [1.165, 1.54) is 12.1 Å². The molecular formula is C23H12Cl3F5N2O2. The maximum atomic E-state index is 14.3. The maximum Gasteiger partial charge on any atom is 0.258 e. The van der Waals surface area contributed by atoms with E-state index in [-0.39, 0.29) is 10.7 Å². The number of carbonyl (C=O) groups is 2. The third-order valence-electron chi connectivity index (χ3n) is 5.36. The summed E-state index contributed by atoms with van der Waals surface area (Å²) in [6.07, 6.45) is 0. The molecule has 4 rings (SSSR count). The molecule has 2 amide bonds. The van der Waals surface area contributed by atoms with Gasteiger partial charge in [0.05, 0.1) is 22.2 Å². The van der Waals surface area contributed by atoms with E-state index in [0.29, 0.717) is 17.7 Å². The predicted octanol–water partition coefficient (Wildman–Crippen LogP) is 6.81. The standard InChI is InChI=1S/C23H12Cl3F5N2O2/c24-13-5-9(1-3-14(13)28)18-19(23(18,25)26)22(35)32-11-7-12(20(31)16(30)8-11)21(34)33-17-4-2-10(27)6-15(17)29/h1-8,18-19H,(H,32,35)(H,33,34)/t18-,19+/m0/s1. The van der Waals surface area contributed by atoms with Crippen LogP contribution >= 0.6 is 34.8 Å². The molecule has 0 aliphatic heterocycles. The van der Waals surface area contributed by atoms with Crippen molar-refractivity contribution in [3.8, 4) is 0 Å². The highest BCUT2D eigenvalue weighted by atomic mass is 35.5. The minimum atomic E-state index is -1.59. The second-order valence-electron chi connectivity index (χ2n) is 7.69. The van der Waals surface area contributed by atoms with Crippen molar-refractivity contribution in [2.75, 3.05) is 10.6 Å². The average Bonchev–Trinajstić information content (AvgIpc) is 3.36. The number of halogens is 8. The summed E-state index contributed by atoms with van der Waals surface area (Å²) in [5, 5.41) is 4.11. The van der Waals surface area contributed by atoms with Gasteiger partial charge in [0.25, 0.3) is 5.91 Å². The van der Waals surface area contributed by atoms with Crippen LogP contribution in [0.1, 0.15) is 21.8 Å². The minimum absolute atomic E-state index is 0.202. The summed E-state index contributed by atoms with van der Waals surface area (Å²) in [6.45, 7) is 0. The summed E-state index contributed by atoms with van der Waals surface area (Å²) >= 11 is 18.2. The molecule has 0 aromatic heterocycles. The van der Waals surface area contributed by atoms with E-state index in [9.17, 15) is 31.5 Å². The predicted molar refractivity (Wildman–Crippen MR) is 121 cm³/mol. The topological polar surface area (TPSA) is 58.2 Å². The Hall–Kier alpha value is -2.88. The van der Waals surface area contributed by atoms with Crippen LogP contribution in [-0.4, -0.2) is 16.1 Å². The van der Waals surface area contributed by atoms with Crippen molar-refractivity contribution in [2.45, 2.75) is 10.3 Å². The summed E-state index contributed by atoms with van der Waals surface area (Å²) < 4.78 is 67.2. The van der Waals surface area contributed by atoms with Crippen molar-refractivity contribution in [1.29, 1.82) is 0 Å². The smallest absolute Gasteiger partial charge is 0.258 e. The average molecular weight is 550 g/mol. The van der Waals surface area contributed by atoms with Gasteiger partial charge in [-0.15, -0.1) is 23.2 Å². The maximum absolute atomic E-state index is 14.3. The molecular weight excluding hydrogens is 538 g/mol. The van der Waals surface area contributed by atoms with Crippen LogP contribution in [0.3, 0.4) is 0 Å². The van der Waals surface area contributed by atoms with Crippen LogP contribution in [0.4, 0.5) is 33.3 Å². The van der Waals surface area contributed by atoms with Gasteiger partial charge in [-0.05, 0) is 35.9 Å². The van der Waals surface area contributed by atoms with Crippen LogP contribution in [0, 0.1) is 35.0 Å². The molecule has 35 heavy (non-hydrogen) atoms. The van der Waals surface area contributed by atoms with Gasteiger partial charge in [0.2, 0.25) is 5.91 Å². The van der Waals surface area contributed by atoms with Gasteiger partial charge >= 0.3 is 0 Å². The molecule has 1 aliphatic carbocycles. The second-order valence-corrected chi connectivity index (χ2v) is 9.54. The molecule has 0 heterocycles. The molecule has 0 spiro atoms. The lowest BCUT2D eigenvalue weighted by Gasteiger charge is -2.11. The van der Waals surface area contributed by atoms with E-state index in [1.807, 2.05) is 5.32 Å². The molecule has 1 saturated carbocycles. The molecule has 1 aliphatic rings. The number of hydrogen-bond donors (Lipinski definition) is 2. The third-order valence-corrected chi connectivity index (χ3v) is 6.59. The molecule has 3 aromatic carbocycles. The summed E-state index contributed by atoms with van der Waals surface area (Å²) in [5.74, 6) is -9.64. The van der Waals surface area contributed by atoms with Crippen molar-refractivity contribution >= 4 is 58.0 Å². The SMILES string of the molecule is O=C(Nc1ccc(F)cc1F)c1cc(NC(=O)[C@H]2[C@H](c3ccc(F)c(Cl)c3)C2(Cl)Cl)cc(F)c1F. The molecule has 0 bridgehead atoms. The van der Waals surface area contributed by atoms with Crippen LogP contribution in [0.25, 0.3) is 0 Å². The second kappa shape index (κ2) is 9.29. The lowest BCUT2D eigenvalue weighted by molar-refractivity contribution is -0.117. The highest BCUT2D eigenvalue weighted by Gasteiger charge is 2.67. The zero-order valence-corrected chi connectivity index (χ0v) is 19.4. The minimum Gasteiger partial charge on any atom is -0.326 e. The monoisotopic (exact) mass is 548 g/mol. The zero-order chi connectivity index (χ0) is 25.7. The van der Waals surface area contributed by atoms with Crippen molar-refractivity contribution in [3.63, 3.8) is 0 Å². The quantitative estimate of drug-likeness (QED) is 0.271. The normalized spacial score (nSPS) is 18.2. The van der Waals surface area contributed by atoms with Crippen molar-refractivity contribution in [1.82, 2.24) is 0 Å². The molecule has 182 valence electrons. The van der Waals surface area contributed by atoms with Gasteiger partial charge in [0.15, 0.2) is 11.6 Å². The molecule has 3 aromatic rings. The van der Waals surface area contributed by atoms with Crippen LogP contribution < -0.4 is 10.6 Å². The Morgan fingerprint density at radius 1 is 0.829 bits per heavy atom. The molecule has 2 atom stereocenters. The lowest BCUT2D eigenvalue weighted by atomic mass is 10.1.